The molecule has 0 heterocycles. The zero-order chi connectivity index (χ0) is 10.3. The topological polar surface area (TPSA) is 17.1 Å². The molecule has 0 aliphatic rings. The molecule has 1 atom stereocenters. The first-order valence-corrected chi connectivity index (χ1v) is 5.24. The average molecular weight is 182 g/mol. The molecule has 0 bridgehead atoms. The molecule has 0 spiro atoms. The second-order valence-electron chi connectivity index (χ2n) is 4.13. The first-order valence-electron chi connectivity index (χ1n) is 5.24. The molecule has 0 N–H and O–H groups in total. The molecule has 0 aromatic carbocycles. The minimum atomic E-state index is 0.383. The predicted octanol–water partition coefficient (Wildman–Crippen LogP) is 3.59. The molecule has 1 heteroatoms. The van der Waals surface area contributed by atoms with Gasteiger partial charge in [0.05, 0.1) is 0 Å². The molecule has 0 aliphatic heterocycles. The minimum absolute atomic E-state index is 0.383. The van der Waals surface area contributed by atoms with Crippen molar-refractivity contribution in [2.75, 3.05) is 0 Å². The molecule has 0 saturated heterocycles. The molecule has 76 valence electrons. The van der Waals surface area contributed by atoms with Gasteiger partial charge >= 0.3 is 0 Å². The summed E-state index contributed by atoms with van der Waals surface area (Å²) in [4.78, 5) is 11.4. The van der Waals surface area contributed by atoms with Crippen LogP contribution in [0.2, 0.25) is 0 Å². The van der Waals surface area contributed by atoms with Crippen molar-refractivity contribution < 1.29 is 4.79 Å². The lowest BCUT2D eigenvalue weighted by molar-refractivity contribution is -0.120. The number of carbonyl (C=O) groups excluding carboxylic acids is 1. The van der Waals surface area contributed by atoms with Gasteiger partial charge in [0.25, 0.3) is 0 Å². The Morgan fingerprint density at radius 3 is 2.38 bits per heavy atom. The molecule has 0 amide bonds. The van der Waals surface area contributed by atoms with E-state index in [0.29, 0.717) is 30.5 Å². The van der Waals surface area contributed by atoms with E-state index in [1.807, 2.05) is 6.08 Å². The van der Waals surface area contributed by atoms with Gasteiger partial charge in [-0.25, -0.2) is 0 Å². The van der Waals surface area contributed by atoms with Gasteiger partial charge in [0, 0.05) is 12.8 Å². The first kappa shape index (κ1) is 12.4. The third kappa shape index (κ3) is 6.56. The largest absolute Gasteiger partial charge is 0.300 e. The second-order valence-corrected chi connectivity index (χ2v) is 4.13. The summed E-state index contributed by atoms with van der Waals surface area (Å²) in [6, 6.07) is 0. The van der Waals surface area contributed by atoms with Crippen LogP contribution in [-0.2, 0) is 4.79 Å². The predicted molar refractivity (Wildman–Crippen MR) is 57.7 cm³/mol. The van der Waals surface area contributed by atoms with E-state index in [2.05, 4.69) is 27.4 Å². The summed E-state index contributed by atoms with van der Waals surface area (Å²) < 4.78 is 0. The van der Waals surface area contributed by atoms with Crippen molar-refractivity contribution in [3.05, 3.63) is 12.7 Å². The molecule has 13 heavy (non-hydrogen) atoms. The first-order chi connectivity index (χ1) is 6.10. The zero-order valence-electron chi connectivity index (χ0n) is 9.18. The van der Waals surface area contributed by atoms with E-state index in [4.69, 9.17) is 0 Å². The monoisotopic (exact) mass is 182 g/mol. The van der Waals surface area contributed by atoms with Crippen molar-refractivity contribution >= 4 is 5.78 Å². The van der Waals surface area contributed by atoms with Crippen LogP contribution < -0.4 is 0 Å². The number of ketones is 1. The summed E-state index contributed by atoms with van der Waals surface area (Å²) in [5, 5.41) is 0. The van der Waals surface area contributed by atoms with Gasteiger partial charge < -0.3 is 0 Å². The smallest absolute Gasteiger partial charge is 0.133 e. The minimum Gasteiger partial charge on any atom is -0.300 e. The van der Waals surface area contributed by atoms with Crippen LogP contribution in [0.5, 0.6) is 0 Å². The highest BCUT2D eigenvalue weighted by Gasteiger charge is 2.10. The molecular weight excluding hydrogens is 160 g/mol. The van der Waals surface area contributed by atoms with Crippen LogP contribution in [0.25, 0.3) is 0 Å². The quantitative estimate of drug-likeness (QED) is 0.550. The highest BCUT2D eigenvalue weighted by Crippen LogP contribution is 2.15. The van der Waals surface area contributed by atoms with E-state index < -0.39 is 0 Å². The summed E-state index contributed by atoms with van der Waals surface area (Å²) in [7, 11) is 0. The Labute approximate surface area is 82.2 Å². The van der Waals surface area contributed by atoms with Gasteiger partial charge in [-0.15, -0.1) is 6.58 Å². The fourth-order valence-corrected chi connectivity index (χ4v) is 1.51. The van der Waals surface area contributed by atoms with Gasteiger partial charge in [-0.1, -0.05) is 33.3 Å². The van der Waals surface area contributed by atoms with Crippen LogP contribution >= 0.6 is 0 Å². The average Bonchev–Trinajstić information content (AvgIpc) is 2.02. The van der Waals surface area contributed by atoms with Gasteiger partial charge in [-0.3, -0.25) is 4.79 Å². The van der Waals surface area contributed by atoms with Gasteiger partial charge in [-0.2, -0.15) is 0 Å². The summed E-state index contributed by atoms with van der Waals surface area (Å²) >= 11 is 0. The Kier molecular flexibility index (Phi) is 6.56. The summed E-state index contributed by atoms with van der Waals surface area (Å²) in [6.07, 6.45) is 5.55. The molecular formula is C12H22O. The van der Waals surface area contributed by atoms with Crippen LogP contribution in [0.4, 0.5) is 0 Å². The van der Waals surface area contributed by atoms with E-state index in [1.165, 1.54) is 0 Å². The number of allylic oxidation sites excluding steroid dienone is 1. The highest BCUT2D eigenvalue weighted by atomic mass is 16.1. The zero-order valence-corrected chi connectivity index (χ0v) is 9.18. The van der Waals surface area contributed by atoms with Crippen LogP contribution in [0.1, 0.15) is 46.5 Å². The number of carbonyl (C=O) groups is 1. The number of Topliss-reactive ketones (excluding diaryl/α,β-unsaturated/α-hetero) is 1. The molecule has 0 fully saturated rings. The third-order valence-electron chi connectivity index (χ3n) is 2.12. The lowest BCUT2D eigenvalue weighted by Gasteiger charge is -2.10. The van der Waals surface area contributed by atoms with Gasteiger partial charge in [0.15, 0.2) is 0 Å². The molecule has 1 nitrogen and oxygen atoms in total. The van der Waals surface area contributed by atoms with Crippen LogP contribution in [-0.4, -0.2) is 5.78 Å². The maximum absolute atomic E-state index is 11.4. The maximum Gasteiger partial charge on any atom is 0.133 e. The maximum atomic E-state index is 11.4. The summed E-state index contributed by atoms with van der Waals surface area (Å²) in [6.45, 7) is 10.1. The van der Waals surface area contributed by atoms with Gasteiger partial charge in [0.2, 0.25) is 0 Å². The Morgan fingerprint density at radius 2 is 2.00 bits per heavy atom. The molecule has 1 unspecified atom stereocenters. The molecule has 0 radical (unpaired) electrons. The van der Waals surface area contributed by atoms with E-state index in [-0.39, 0.29) is 0 Å². The Bertz CT molecular complexity index is 159. The number of hydrogen-bond acceptors (Lipinski definition) is 1. The van der Waals surface area contributed by atoms with Gasteiger partial charge in [-0.05, 0) is 18.3 Å². The van der Waals surface area contributed by atoms with Crippen LogP contribution in [0.15, 0.2) is 12.7 Å². The van der Waals surface area contributed by atoms with Crippen molar-refractivity contribution in [3.8, 4) is 0 Å². The molecule has 0 saturated carbocycles. The molecule has 0 rings (SSSR count). The normalized spacial score (nSPS) is 12.9. The van der Waals surface area contributed by atoms with E-state index in [1.54, 1.807) is 0 Å². The summed E-state index contributed by atoms with van der Waals surface area (Å²) in [5.41, 5.74) is 0. The van der Waals surface area contributed by atoms with E-state index >= 15 is 0 Å². The lowest BCUT2D eigenvalue weighted by Crippen LogP contribution is -2.08. The SMILES string of the molecule is C=CC(CCC)CC(=O)CC(C)C. The van der Waals surface area contributed by atoms with Crippen LogP contribution in [0.3, 0.4) is 0 Å². The van der Waals surface area contributed by atoms with Crippen LogP contribution in [0, 0.1) is 11.8 Å². The van der Waals surface area contributed by atoms with Crippen molar-refractivity contribution in [3.63, 3.8) is 0 Å². The van der Waals surface area contributed by atoms with Crippen molar-refractivity contribution in [2.45, 2.75) is 46.5 Å². The standard InChI is InChI=1S/C12H22O/c1-5-7-11(6-2)9-12(13)8-10(3)4/h6,10-11H,2,5,7-9H2,1,3-4H3. The van der Waals surface area contributed by atoms with Gasteiger partial charge in [0.1, 0.15) is 5.78 Å². The Morgan fingerprint density at radius 1 is 1.38 bits per heavy atom. The van der Waals surface area contributed by atoms with Crippen molar-refractivity contribution in [1.29, 1.82) is 0 Å². The highest BCUT2D eigenvalue weighted by molar-refractivity contribution is 5.78. The molecule has 0 aliphatic carbocycles. The Hall–Kier alpha value is -0.590. The summed E-state index contributed by atoms with van der Waals surface area (Å²) in [5.74, 6) is 1.27. The van der Waals surface area contributed by atoms with E-state index in [9.17, 15) is 4.79 Å². The number of rotatable bonds is 7. The Balaban J connectivity index is 3.79. The van der Waals surface area contributed by atoms with Crippen molar-refractivity contribution in [1.82, 2.24) is 0 Å². The third-order valence-corrected chi connectivity index (χ3v) is 2.12. The lowest BCUT2D eigenvalue weighted by atomic mass is 9.94. The number of hydrogen-bond donors (Lipinski definition) is 0. The van der Waals surface area contributed by atoms with E-state index in [0.717, 1.165) is 12.8 Å². The molecule has 0 aromatic heterocycles. The fourth-order valence-electron chi connectivity index (χ4n) is 1.51. The fraction of sp³-hybridized carbons (Fsp3) is 0.750. The molecule has 0 aromatic rings. The second kappa shape index (κ2) is 6.88. The van der Waals surface area contributed by atoms with Crippen molar-refractivity contribution in [2.24, 2.45) is 11.8 Å².